The molecular formula is C21H19ClN2O3. The lowest BCUT2D eigenvalue weighted by molar-refractivity contribution is 0.0971. The zero-order valence-electron chi connectivity index (χ0n) is 14.7. The highest BCUT2D eigenvalue weighted by Crippen LogP contribution is 2.21. The molecule has 0 bridgehead atoms. The van der Waals surface area contributed by atoms with Crippen LogP contribution < -0.4 is 10.1 Å². The smallest absolute Gasteiger partial charge is 0.256 e. The Morgan fingerprint density at radius 3 is 2.37 bits per heavy atom. The summed E-state index contributed by atoms with van der Waals surface area (Å²) >= 11 is 0. The molecule has 6 heteroatoms. The molecule has 0 aliphatic carbocycles. The van der Waals surface area contributed by atoms with Crippen LogP contribution in [0.15, 0.2) is 72.9 Å². The maximum Gasteiger partial charge on any atom is 0.256 e. The van der Waals surface area contributed by atoms with E-state index in [9.17, 15) is 9.59 Å². The molecular weight excluding hydrogens is 364 g/mol. The minimum absolute atomic E-state index is 0. The quantitative estimate of drug-likeness (QED) is 0.649. The van der Waals surface area contributed by atoms with Gasteiger partial charge in [-0.2, -0.15) is 0 Å². The maximum atomic E-state index is 12.8. The number of benzene rings is 2. The van der Waals surface area contributed by atoms with E-state index in [1.165, 1.54) is 7.11 Å². The Labute approximate surface area is 163 Å². The summed E-state index contributed by atoms with van der Waals surface area (Å²) in [4.78, 5) is 29.6. The Morgan fingerprint density at radius 2 is 1.70 bits per heavy atom. The molecule has 1 amide bonds. The van der Waals surface area contributed by atoms with Crippen molar-refractivity contribution >= 4 is 29.8 Å². The zero-order chi connectivity index (χ0) is 18.4. The van der Waals surface area contributed by atoms with E-state index >= 15 is 0 Å². The number of carbonyl (C=O) groups excluding carboxylic acids is 2. The second-order valence-electron chi connectivity index (χ2n) is 5.65. The summed E-state index contributed by atoms with van der Waals surface area (Å²) in [6.07, 6.45) is 1.75. The highest BCUT2D eigenvalue weighted by molar-refractivity contribution is 6.13. The van der Waals surface area contributed by atoms with Gasteiger partial charge in [0.25, 0.3) is 5.91 Å². The molecule has 0 saturated heterocycles. The third-order valence-electron chi connectivity index (χ3n) is 3.87. The van der Waals surface area contributed by atoms with Gasteiger partial charge < -0.3 is 10.1 Å². The second kappa shape index (κ2) is 9.50. The summed E-state index contributed by atoms with van der Waals surface area (Å²) in [6.45, 7) is 0. The fraction of sp³-hybridized carbons (Fsp3) is 0.0952. The van der Waals surface area contributed by atoms with Crippen molar-refractivity contribution in [2.45, 2.75) is 6.42 Å². The predicted octanol–water partition coefficient (Wildman–Crippen LogP) is 4.19. The normalized spacial score (nSPS) is 9.81. The molecule has 3 rings (SSSR count). The van der Waals surface area contributed by atoms with Gasteiger partial charge in [0, 0.05) is 23.1 Å². The van der Waals surface area contributed by atoms with Gasteiger partial charge in [-0.3, -0.25) is 14.6 Å². The molecule has 0 atom stereocenters. The number of rotatable bonds is 6. The first-order valence-electron chi connectivity index (χ1n) is 8.15. The van der Waals surface area contributed by atoms with Crippen LogP contribution in [0.5, 0.6) is 5.75 Å². The Hall–Kier alpha value is -3.18. The number of carbonyl (C=O) groups is 2. The lowest BCUT2D eigenvalue weighted by Crippen LogP contribution is -2.17. The van der Waals surface area contributed by atoms with E-state index in [2.05, 4.69) is 10.3 Å². The van der Waals surface area contributed by atoms with E-state index in [0.717, 1.165) is 0 Å². The molecule has 1 N–H and O–H groups in total. The highest BCUT2D eigenvalue weighted by Gasteiger charge is 2.19. The molecule has 0 aliphatic rings. The number of pyridine rings is 1. The predicted molar refractivity (Wildman–Crippen MR) is 107 cm³/mol. The lowest BCUT2D eigenvalue weighted by Gasteiger charge is -2.11. The van der Waals surface area contributed by atoms with Gasteiger partial charge in [0.1, 0.15) is 5.75 Å². The molecule has 0 unspecified atom stereocenters. The van der Waals surface area contributed by atoms with E-state index < -0.39 is 0 Å². The fourth-order valence-electron chi connectivity index (χ4n) is 2.56. The number of para-hydroxylation sites is 1. The average molecular weight is 383 g/mol. The summed E-state index contributed by atoms with van der Waals surface area (Å²) in [5, 5.41) is 2.81. The summed E-state index contributed by atoms with van der Waals surface area (Å²) < 4.78 is 5.21. The van der Waals surface area contributed by atoms with Crippen LogP contribution in [0.1, 0.15) is 26.4 Å². The van der Waals surface area contributed by atoms with Crippen molar-refractivity contribution in [1.29, 1.82) is 0 Å². The van der Waals surface area contributed by atoms with E-state index in [4.69, 9.17) is 4.74 Å². The number of nitrogens with zero attached hydrogens (tertiary/aromatic N) is 1. The molecule has 3 aromatic rings. The number of methoxy groups -OCH3 is 1. The molecule has 27 heavy (non-hydrogen) atoms. The first-order chi connectivity index (χ1) is 12.7. The summed E-state index contributed by atoms with van der Waals surface area (Å²) in [7, 11) is 1.52. The number of hydrogen-bond acceptors (Lipinski definition) is 4. The van der Waals surface area contributed by atoms with Crippen molar-refractivity contribution in [3.8, 4) is 5.75 Å². The van der Waals surface area contributed by atoms with Crippen molar-refractivity contribution in [2.75, 3.05) is 12.4 Å². The molecule has 0 fully saturated rings. The number of halogens is 1. The van der Waals surface area contributed by atoms with Crippen molar-refractivity contribution < 1.29 is 14.3 Å². The van der Waals surface area contributed by atoms with Crippen molar-refractivity contribution in [3.63, 3.8) is 0 Å². The Bertz CT molecular complexity index is 915. The van der Waals surface area contributed by atoms with Crippen LogP contribution in [0.25, 0.3) is 0 Å². The minimum Gasteiger partial charge on any atom is -0.497 e. The Kier molecular flexibility index (Phi) is 7.08. The van der Waals surface area contributed by atoms with E-state index in [1.807, 2.05) is 24.3 Å². The molecule has 0 radical (unpaired) electrons. The van der Waals surface area contributed by atoms with Crippen LogP contribution in [0.2, 0.25) is 0 Å². The number of nitrogens with one attached hydrogen (secondary N) is 1. The number of ketones is 1. The van der Waals surface area contributed by atoms with Crippen LogP contribution in [0, 0.1) is 0 Å². The highest BCUT2D eigenvalue weighted by atomic mass is 35.5. The van der Waals surface area contributed by atoms with Crippen molar-refractivity contribution in [3.05, 3.63) is 89.7 Å². The van der Waals surface area contributed by atoms with Gasteiger partial charge in [-0.25, -0.2) is 0 Å². The molecule has 1 heterocycles. The van der Waals surface area contributed by atoms with Crippen molar-refractivity contribution in [1.82, 2.24) is 4.98 Å². The summed E-state index contributed by atoms with van der Waals surface area (Å²) in [5.41, 5.74) is 1.92. The zero-order valence-corrected chi connectivity index (χ0v) is 15.5. The van der Waals surface area contributed by atoms with Crippen LogP contribution in [-0.4, -0.2) is 23.8 Å². The SMILES string of the molecule is COc1ccc(C(=O)Nc2ccccc2)c(C(=O)Cc2ccccn2)c1.Cl. The summed E-state index contributed by atoms with van der Waals surface area (Å²) in [5.74, 6) is -0.0188. The van der Waals surface area contributed by atoms with Crippen LogP contribution in [0.4, 0.5) is 5.69 Å². The fourth-order valence-corrected chi connectivity index (χ4v) is 2.56. The van der Waals surface area contributed by atoms with Crippen LogP contribution in [0.3, 0.4) is 0 Å². The first-order valence-corrected chi connectivity index (χ1v) is 8.15. The maximum absolute atomic E-state index is 12.8. The van der Waals surface area contributed by atoms with E-state index in [0.29, 0.717) is 28.3 Å². The minimum atomic E-state index is -0.344. The number of ether oxygens (including phenoxy) is 1. The molecule has 138 valence electrons. The van der Waals surface area contributed by atoms with Gasteiger partial charge >= 0.3 is 0 Å². The molecule has 0 aliphatic heterocycles. The molecule has 5 nitrogen and oxygen atoms in total. The van der Waals surface area contributed by atoms with E-state index in [1.54, 1.807) is 48.7 Å². The Balaban J connectivity index is 0.00000261. The van der Waals surface area contributed by atoms with Crippen molar-refractivity contribution in [2.24, 2.45) is 0 Å². The topological polar surface area (TPSA) is 68.3 Å². The number of hydrogen-bond donors (Lipinski definition) is 1. The van der Waals surface area contributed by atoms with Gasteiger partial charge in [0.15, 0.2) is 5.78 Å². The van der Waals surface area contributed by atoms with Gasteiger partial charge in [0.2, 0.25) is 0 Å². The van der Waals surface area contributed by atoms with Gasteiger partial charge in [0.05, 0.1) is 19.1 Å². The Morgan fingerprint density at radius 1 is 0.963 bits per heavy atom. The molecule has 0 saturated carbocycles. The molecule has 0 spiro atoms. The number of anilines is 1. The number of aromatic nitrogens is 1. The number of Topliss-reactive ketones (excluding diaryl/α,β-unsaturated/α-hetero) is 1. The third kappa shape index (κ3) is 5.15. The summed E-state index contributed by atoms with van der Waals surface area (Å²) in [6, 6.07) is 19.3. The van der Waals surface area contributed by atoms with E-state index in [-0.39, 0.29) is 30.5 Å². The molecule has 1 aromatic heterocycles. The first kappa shape index (κ1) is 20.1. The van der Waals surface area contributed by atoms with Crippen LogP contribution >= 0.6 is 12.4 Å². The number of amides is 1. The van der Waals surface area contributed by atoms with Gasteiger partial charge in [-0.1, -0.05) is 24.3 Å². The third-order valence-corrected chi connectivity index (χ3v) is 3.87. The monoisotopic (exact) mass is 382 g/mol. The molecule has 2 aromatic carbocycles. The van der Waals surface area contributed by atoms with Gasteiger partial charge in [-0.05, 0) is 42.5 Å². The standard InChI is InChI=1S/C21H18N2O3.ClH/c1-26-17-10-11-18(21(25)23-15-7-3-2-4-8-15)19(14-17)20(24)13-16-9-5-6-12-22-16;/h2-12,14H,13H2,1H3,(H,23,25);1H. The lowest BCUT2D eigenvalue weighted by atomic mass is 9.99. The largest absolute Gasteiger partial charge is 0.497 e. The second-order valence-corrected chi connectivity index (χ2v) is 5.65. The van der Waals surface area contributed by atoms with Crippen LogP contribution in [-0.2, 0) is 6.42 Å². The van der Waals surface area contributed by atoms with Gasteiger partial charge in [-0.15, -0.1) is 12.4 Å². The average Bonchev–Trinajstić information content (AvgIpc) is 2.69.